The lowest BCUT2D eigenvalue weighted by Crippen LogP contribution is -2.33. The van der Waals surface area contributed by atoms with Crippen molar-refractivity contribution in [3.63, 3.8) is 0 Å². The highest BCUT2D eigenvalue weighted by Gasteiger charge is 2.23. The van der Waals surface area contributed by atoms with E-state index < -0.39 is 5.97 Å². The number of carbonyl (C=O) groups excluding carboxylic acids is 2. The number of thiophene rings is 1. The zero-order valence-electron chi connectivity index (χ0n) is 23.1. The van der Waals surface area contributed by atoms with Crippen LogP contribution in [0.25, 0.3) is 16.7 Å². The van der Waals surface area contributed by atoms with Crippen LogP contribution in [0, 0.1) is 5.21 Å². The molecule has 3 aromatic heterocycles. The van der Waals surface area contributed by atoms with Crippen molar-refractivity contribution in [1.29, 1.82) is 0 Å². The zero-order valence-corrected chi connectivity index (χ0v) is 25.4. The van der Waals surface area contributed by atoms with Crippen molar-refractivity contribution >= 4 is 74.5 Å². The molecule has 1 aliphatic rings. The number of benzodiazepines with no additional fused rings is 1. The molecule has 3 aromatic carbocycles. The van der Waals surface area contributed by atoms with E-state index in [1.807, 2.05) is 59.3 Å². The maximum absolute atomic E-state index is 12.3. The standard InChI is InChI=1S/C16H13ClN2O.C15H9ClN4O3S/c1-19-14-8-7-12(17)9-13(14)16(18-10-15(19)20)11-5-3-2-4-6-11;16-10-1-2-12-13(5-10)19-14(18-20(12)22)11(6-17-19)15(21)23-7-9-3-4-24-8-9/h2-9H,10H2,1H3;1-6,8H,7H2. The number of anilines is 1. The molecule has 10 nitrogen and oxygen atoms in total. The number of hydrogen-bond acceptors (Lipinski definition) is 8. The number of hydrogen-bond donors (Lipinski definition) is 0. The summed E-state index contributed by atoms with van der Waals surface area (Å²) in [5, 5.41) is 25.0. The smallest absolute Gasteiger partial charge is 0.344 e. The van der Waals surface area contributed by atoms with E-state index in [1.165, 1.54) is 22.0 Å². The summed E-state index contributed by atoms with van der Waals surface area (Å²) in [6.45, 7) is 0.295. The van der Waals surface area contributed by atoms with Gasteiger partial charge in [0.15, 0.2) is 0 Å². The second-order valence-electron chi connectivity index (χ2n) is 9.65. The number of benzene rings is 3. The van der Waals surface area contributed by atoms with Gasteiger partial charge in [0.1, 0.15) is 24.2 Å². The third-order valence-electron chi connectivity index (χ3n) is 6.84. The van der Waals surface area contributed by atoms with Crippen LogP contribution in [0.2, 0.25) is 10.0 Å². The van der Waals surface area contributed by atoms with Crippen LogP contribution >= 0.6 is 34.5 Å². The number of halogens is 2. The Hall–Kier alpha value is -4.84. The Morgan fingerprint density at radius 3 is 2.61 bits per heavy atom. The SMILES string of the molecule is CN1C(=O)CN=C(c2ccccc2)c2cc(Cl)ccc21.O=C(OCc1ccsc1)c1cnn2c1n[n+]([O-])c1ccc(Cl)cc12. The quantitative estimate of drug-likeness (QED) is 0.137. The largest absolute Gasteiger partial charge is 0.594 e. The van der Waals surface area contributed by atoms with Crippen LogP contribution in [-0.4, -0.2) is 45.9 Å². The fourth-order valence-corrected chi connectivity index (χ4v) is 5.63. The Bertz CT molecular complexity index is 2050. The van der Waals surface area contributed by atoms with Gasteiger partial charge in [-0.3, -0.25) is 9.79 Å². The summed E-state index contributed by atoms with van der Waals surface area (Å²) in [5.74, 6) is -0.621. The highest BCUT2D eigenvalue weighted by Crippen LogP contribution is 2.28. The number of amides is 1. The predicted molar refractivity (Wildman–Crippen MR) is 170 cm³/mol. The van der Waals surface area contributed by atoms with Gasteiger partial charge in [-0.1, -0.05) is 53.5 Å². The molecule has 0 saturated carbocycles. The van der Waals surface area contributed by atoms with Crippen LogP contribution in [-0.2, 0) is 16.1 Å². The molecule has 6 aromatic rings. The topological polar surface area (TPSA) is 116 Å². The molecule has 0 bridgehead atoms. The molecule has 0 N–H and O–H groups in total. The Kier molecular flexibility index (Phi) is 8.25. The Morgan fingerprint density at radius 2 is 1.84 bits per heavy atom. The number of ether oxygens (including phenoxy) is 1. The molecule has 0 saturated heterocycles. The van der Waals surface area contributed by atoms with Crippen molar-refractivity contribution in [3.8, 4) is 0 Å². The van der Waals surface area contributed by atoms with E-state index >= 15 is 0 Å². The lowest BCUT2D eigenvalue weighted by atomic mass is 10.0. The van der Waals surface area contributed by atoms with E-state index in [2.05, 4.69) is 15.2 Å². The normalized spacial score (nSPS) is 12.8. The van der Waals surface area contributed by atoms with Crippen LogP contribution in [0.3, 0.4) is 0 Å². The molecule has 0 unspecified atom stereocenters. The fourth-order valence-electron chi connectivity index (χ4n) is 4.63. The minimum absolute atomic E-state index is 0.0282. The number of aromatic nitrogens is 4. The summed E-state index contributed by atoms with van der Waals surface area (Å²) in [7, 11) is 1.76. The summed E-state index contributed by atoms with van der Waals surface area (Å²) >= 11 is 13.6. The van der Waals surface area contributed by atoms with Gasteiger partial charge >= 0.3 is 5.97 Å². The summed E-state index contributed by atoms with van der Waals surface area (Å²) in [5.41, 5.74) is 5.41. The van der Waals surface area contributed by atoms with Crippen molar-refractivity contribution in [2.75, 3.05) is 18.5 Å². The van der Waals surface area contributed by atoms with Crippen molar-refractivity contribution < 1.29 is 19.2 Å². The first-order valence-electron chi connectivity index (χ1n) is 13.2. The van der Waals surface area contributed by atoms with E-state index in [4.69, 9.17) is 27.9 Å². The van der Waals surface area contributed by atoms with E-state index in [-0.39, 0.29) is 30.3 Å². The molecule has 4 heterocycles. The van der Waals surface area contributed by atoms with E-state index in [1.54, 1.807) is 36.2 Å². The summed E-state index contributed by atoms with van der Waals surface area (Å²) in [4.78, 5) is 30.9. The molecule has 0 fully saturated rings. The average Bonchev–Trinajstić information content (AvgIpc) is 3.69. The molecule has 220 valence electrons. The van der Waals surface area contributed by atoms with E-state index in [0.29, 0.717) is 25.9 Å². The predicted octanol–water partition coefficient (Wildman–Crippen LogP) is 5.74. The number of aliphatic imine (C=N–C) groups is 1. The molecule has 0 aliphatic carbocycles. The molecular formula is C31H22Cl2N6O4S. The fraction of sp³-hybridized carbons (Fsp3) is 0.0968. The van der Waals surface area contributed by atoms with Crippen molar-refractivity contribution in [1.82, 2.24) is 14.7 Å². The van der Waals surface area contributed by atoms with E-state index in [9.17, 15) is 14.8 Å². The van der Waals surface area contributed by atoms with Gasteiger partial charge in [-0.05, 0) is 52.0 Å². The molecular weight excluding hydrogens is 623 g/mol. The number of fused-ring (bicyclic) bond motifs is 4. The first kappa shape index (κ1) is 29.2. The van der Waals surface area contributed by atoms with Gasteiger partial charge < -0.3 is 14.8 Å². The van der Waals surface area contributed by atoms with Crippen LogP contribution in [0.15, 0.2) is 94.7 Å². The minimum Gasteiger partial charge on any atom is -0.594 e. The third-order valence-corrected chi connectivity index (χ3v) is 8.04. The Morgan fingerprint density at radius 1 is 1.07 bits per heavy atom. The van der Waals surface area contributed by atoms with Gasteiger partial charge in [-0.25, -0.2) is 9.31 Å². The lowest BCUT2D eigenvalue weighted by molar-refractivity contribution is -0.640. The highest BCUT2D eigenvalue weighted by atomic mass is 35.5. The third kappa shape index (κ3) is 5.85. The molecule has 13 heteroatoms. The van der Waals surface area contributed by atoms with Gasteiger partial charge in [-0.15, -0.1) is 0 Å². The maximum Gasteiger partial charge on any atom is 0.344 e. The monoisotopic (exact) mass is 644 g/mol. The number of rotatable bonds is 4. The van der Waals surface area contributed by atoms with Crippen LogP contribution in [0.5, 0.6) is 0 Å². The second kappa shape index (κ2) is 12.4. The lowest BCUT2D eigenvalue weighted by Gasteiger charge is -2.18. The Labute approximate surface area is 264 Å². The maximum atomic E-state index is 12.3. The number of carbonyl (C=O) groups is 2. The molecule has 1 amide bonds. The second-order valence-corrected chi connectivity index (χ2v) is 11.3. The molecule has 1 aliphatic heterocycles. The van der Waals surface area contributed by atoms with Crippen LogP contribution < -0.4 is 9.75 Å². The average molecular weight is 646 g/mol. The van der Waals surface area contributed by atoms with Gasteiger partial charge in [0.05, 0.1) is 17.6 Å². The molecule has 0 spiro atoms. The summed E-state index contributed by atoms with van der Waals surface area (Å²) in [6, 6.07) is 21.9. The summed E-state index contributed by atoms with van der Waals surface area (Å²) < 4.78 is 6.65. The minimum atomic E-state index is -0.593. The van der Waals surface area contributed by atoms with Gasteiger partial charge in [-0.2, -0.15) is 16.4 Å². The summed E-state index contributed by atoms with van der Waals surface area (Å²) in [6.07, 6.45) is 1.33. The van der Waals surface area contributed by atoms with Crippen LogP contribution in [0.1, 0.15) is 27.0 Å². The first-order valence-corrected chi connectivity index (χ1v) is 14.9. The molecule has 7 rings (SSSR count). The highest BCUT2D eigenvalue weighted by molar-refractivity contribution is 7.07. The van der Waals surface area contributed by atoms with Gasteiger partial charge in [0.25, 0.3) is 5.52 Å². The molecule has 0 radical (unpaired) electrons. The zero-order chi connectivity index (χ0) is 30.8. The van der Waals surface area contributed by atoms with Crippen LogP contribution in [0.4, 0.5) is 5.69 Å². The van der Waals surface area contributed by atoms with Crippen molar-refractivity contribution in [2.45, 2.75) is 6.61 Å². The number of likely N-dealkylation sites (N-methyl/N-ethyl adjacent to an activating group) is 1. The van der Waals surface area contributed by atoms with Gasteiger partial charge in [0, 0.05) is 44.9 Å². The number of nitrogens with zero attached hydrogens (tertiary/aromatic N) is 6. The number of esters is 1. The van der Waals surface area contributed by atoms with Crippen molar-refractivity contribution in [3.05, 3.63) is 127 Å². The van der Waals surface area contributed by atoms with Gasteiger partial charge in [0.2, 0.25) is 11.6 Å². The Balaban J connectivity index is 0.000000159. The first-order chi connectivity index (χ1) is 21.3. The molecule has 44 heavy (non-hydrogen) atoms. The van der Waals surface area contributed by atoms with E-state index in [0.717, 1.165) is 28.1 Å². The van der Waals surface area contributed by atoms with Crippen molar-refractivity contribution in [2.24, 2.45) is 4.99 Å². The molecule has 0 atom stereocenters.